The van der Waals surface area contributed by atoms with Crippen molar-refractivity contribution in [1.82, 2.24) is 0 Å². The molecule has 0 aliphatic rings. The first-order valence-corrected chi connectivity index (χ1v) is 3.67. The van der Waals surface area contributed by atoms with E-state index >= 15 is 0 Å². The van der Waals surface area contributed by atoms with Gasteiger partial charge in [0.15, 0.2) is 0 Å². The Labute approximate surface area is 106 Å². The van der Waals surface area contributed by atoms with Crippen LogP contribution in [0.3, 0.4) is 0 Å². The quantitative estimate of drug-likeness (QED) is 0.296. The molecule has 0 rings (SSSR count). The van der Waals surface area contributed by atoms with Crippen LogP contribution in [-0.4, -0.2) is 9.91 Å². The van der Waals surface area contributed by atoms with Crippen molar-refractivity contribution in [2.24, 2.45) is 0 Å². The van der Waals surface area contributed by atoms with E-state index in [0.717, 1.165) is 0 Å². The fourth-order valence-corrected chi connectivity index (χ4v) is 0. The molecule has 0 aliphatic heterocycles. The molecule has 5 heteroatoms. The Bertz CT molecular complexity index is 15.5. The molecule has 5 heavy (non-hydrogen) atoms. The summed E-state index contributed by atoms with van der Waals surface area (Å²) >= 11 is 0. The van der Waals surface area contributed by atoms with Gasteiger partial charge in [0.25, 0.3) is 0 Å². The van der Waals surface area contributed by atoms with Crippen LogP contribution in [0.5, 0.6) is 0 Å². The van der Waals surface area contributed by atoms with Gasteiger partial charge in [0, 0.05) is 46.5 Å². The Kier molecular flexibility index (Phi) is 124. The minimum Gasteiger partial charge on any atom is -1.00 e. The Morgan fingerprint density at radius 1 is 1.40 bits per heavy atom. The molecular formula is H5FeKPSiZn. The summed E-state index contributed by atoms with van der Waals surface area (Å²) in [7, 11) is 4.22. The van der Waals surface area contributed by atoms with Crippen molar-refractivity contribution in [2.45, 2.75) is 0 Å². The van der Waals surface area contributed by atoms with Crippen molar-refractivity contribution in [3.63, 3.8) is 0 Å². The zero-order valence-electron chi connectivity index (χ0n) is 4.35. The average Bonchev–Trinajstić information content (AvgIpc) is 1.00. The van der Waals surface area contributed by atoms with Gasteiger partial charge in [-0.1, -0.05) is 0 Å². The van der Waals surface area contributed by atoms with Crippen molar-refractivity contribution in [3.8, 4) is 0 Å². The summed E-state index contributed by atoms with van der Waals surface area (Å²) in [5.74, 6) is 0. The van der Waals surface area contributed by atoms with Crippen LogP contribution in [0.4, 0.5) is 0 Å². The minimum absolute atomic E-state index is 0. The van der Waals surface area contributed by atoms with Gasteiger partial charge < -0.3 is 1.43 Å². The second-order valence-corrected chi connectivity index (χ2v) is 0. The molecule has 0 N–H and O–H groups in total. The molecule has 0 aliphatic carbocycles. The molecule has 0 nitrogen and oxygen atoms in total. The summed E-state index contributed by atoms with van der Waals surface area (Å²) in [6, 6.07) is 0. The van der Waals surface area contributed by atoms with Crippen LogP contribution in [-0.2, 0) is 36.5 Å². The summed E-state index contributed by atoms with van der Waals surface area (Å²) in [4.78, 5) is 0. The van der Waals surface area contributed by atoms with Gasteiger partial charge in [-0.15, -0.1) is 0 Å². The number of hydrogen-bond donors (Lipinski definition) is 0. The molecule has 0 amide bonds. The van der Waals surface area contributed by atoms with E-state index < -0.39 is 0 Å². The van der Waals surface area contributed by atoms with Crippen LogP contribution in [0.25, 0.3) is 0 Å². The molecule has 0 bridgehead atoms. The fraction of sp³-hybridized carbons (Fsp3) is 0. The van der Waals surface area contributed by atoms with Gasteiger partial charge in [-0.25, -0.2) is 0 Å². The maximum atomic E-state index is 2.44. The van der Waals surface area contributed by atoms with E-state index in [2.05, 4.69) is 8.79 Å². The molecule has 0 aromatic rings. The van der Waals surface area contributed by atoms with Gasteiger partial charge in [-0.2, -0.15) is 8.79 Å². The standard InChI is InChI=1S/Fe.K.H4PSi.Zn.H/c;;1-2;;/h;;1-2H2;;/q;+1;;;-1. The second-order valence-electron chi connectivity index (χ2n) is 0. The van der Waals surface area contributed by atoms with Crippen molar-refractivity contribution in [1.29, 1.82) is 0 Å². The molecule has 0 saturated carbocycles. The van der Waals surface area contributed by atoms with E-state index in [9.17, 15) is 0 Å². The van der Waals surface area contributed by atoms with E-state index in [0.29, 0.717) is 0 Å². The molecule has 0 spiro atoms. The third kappa shape index (κ3) is 18.6. The normalized spacial score (nSPS) is 1.20. The summed E-state index contributed by atoms with van der Waals surface area (Å²) in [5.41, 5.74) is 0. The first-order chi connectivity index (χ1) is 1.00. The van der Waals surface area contributed by atoms with Gasteiger partial charge in [0.1, 0.15) is 0 Å². The number of hydrogen-bond acceptors (Lipinski definition) is 0. The Hall–Kier alpha value is 3.43. The Balaban J connectivity index is -0.000000000833. The summed E-state index contributed by atoms with van der Waals surface area (Å²) < 4.78 is 0. The molecule has 0 heterocycles. The Morgan fingerprint density at radius 3 is 1.40 bits per heavy atom. The molecule has 0 saturated heterocycles. The maximum absolute atomic E-state index is 2.44. The fourth-order valence-electron chi connectivity index (χ4n) is 0. The molecular weight excluding hydrogens is 219 g/mol. The molecule has 1 radical (unpaired) electrons. The van der Waals surface area contributed by atoms with E-state index in [4.69, 9.17) is 0 Å². The summed E-state index contributed by atoms with van der Waals surface area (Å²) in [5, 5.41) is 0. The smallest absolute Gasteiger partial charge is 1.00 e. The largest absolute Gasteiger partial charge is 1.00 e. The summed E-state index contributed by atoms with van der Waals surface area (Å²) in [6.45, 7) is 0. The van der Waals surface area contributed by atoms with Crippen LogP contribution in [0.15, 0.2) is 0 Å². The molecule has 0 aromatic carbocycles. The number of rotatable bonds is 0. The van der Waals surface area contributed by atoms with Crippen molar-refractivity contribution < 1.29 is 89.4 Å². The van der Waals surface area contributed by atoms with Crippen LogP contribution >= 0.6 is 8.79 Å². The van der Waals surface area contributed by atoms with Crippen LogP contribution in [0.2, 0.25) is 0 Å². The van der Waals surface area contributed by atoms with Gasteiger partial charge in [0.2, 0.25) is 0 Å². The zero-order valence-corrected chi connectivity index (χ0v) is 13.1. The van der Waals surface area contributed by atoms with E-state index in [1.165, 1.54) is 0 Å². The predicted octanol–water partition coefficient (Wildman–Crippen LogP) is -3.48. The van der Waals surface area contributed by atoms with Crippen molar-refractivity contribution in [3.05, 3.63) is 0 Å². The monoisotopic (exact) mass is 223 g/mol. The molecule has 25 valence electrons. The van der Waals surface area contributed by atoms with Crippen LogP contribution in [0, 0.1) is 0 Å². The molecule has 0 aromatic heterocycles. The topological polar surface area (TPSA) is 0 Å². The van der Waals surface area contributed by atoms with Gasteiger partial charge in [0.05, 0.1) is 0 Å². The molecule has 1 unspecified atom stereocenters. The zero-order chi connectivity index (χ0) is 2.00. The molecule has 1 atom stereocenters. The van der Waals surface area contributed by atoms with Crippen LogP contribution in [0.1, 0.15) is 1.43 Å². The Morgan fingerprint density at radius 2 is 1.40 bits per heavy atom. The van der Waals surface area contributed by atoms with Crippen molar-refractivity contribution >= 4 is 18.7 Å². The summed E-state index contributed by atoms with van der Waals surface area (Å²) in [6.07, 6.45) is 0. The van der Waals surface area contributed by atoms with Crippen molar-refractivity contribution in [2.75, 3.05) is 0 Å². The van der Waals surface area contributed by atoms with E-state index in [1.807, 2.05) is 0 Å². The van der Waals surface area contributed by atoms with E-state index in [1.54, 1.807) is 9.91 Å². The first kappa shape index (κ1) is 23.7. The SMILES string of the molecule is [Fe].[H-].[K+].[SiH2]P.[Zn]. The van der Waals surface area contributed by atoms with Gasteiger partial charge in [-0.05, 0) is 0 Å². The molecule has 0 fully saturated rings. The second kappa shape index (κ2) is 26.1. The maximum Gasteiger partial charge on any atom is 1.00 e. The predicted molar refractivity (Wildman–Crippen MR) is 19.4 cm³/mol. The average molecular weight is 224 g/mol. The third-order valence-corrected chi connectivity index (χ3v) is 0. The van der Waals surface area contributed by atoms with Gasteiger partial charge >= 0.3 is 51.4 Å². The van der Waals surface area contributed by atoms with Crippen LogP contribution < -0.4 is 51.4 Å². The minimum atomic E-state index is 0. The van der Waals surface area contributed by atoms with Gasteiger partial charge in [-0.3, -0.25) is 0 Å². The third-order valence-electron chi connectivity index (χ3n) is 0. The van der Waals surface area contributed by atoms with E-state index in [-0.39, 0.29) is 89.4 Å². The first-order valence-electron chi connectivity index (χ1n) is 0.408.